The van der Waals surface area contributed by atoms with E-state index < -0.39 is 11.8 Å². The standard InChI is InChI=1S/C29H26N4O3/c1-19-10-12-21(13-11-19)27-22(17-33(31-27)23-7-4-3-5-8-23)15-25-20(2)26(16-30)29(35)32(28(25)34)18-24-9-6-14-36-24/h3-5,7-8,10-13,15,17,24H,6,9,14,18H2,1-2H3/b25-15-/t24-/m0/s1. The molecule has 0 aliphatic carbocycles. The first kappa shape index (κ1) is 23.5. The first-order chi connectivity index (χ1) is 17.5. The van der Waals surface area contributed by atoms with E-state index in [0.717, 1.165) is 34.6 Å². The normalized spacial score (nSPS) is 19.3. The van der Waals surface area contributed by atoms with Crippen molar-refractivity contribution in [3.05, 3.63) is 88.6 Å². The Balaban J connectivity index is 1.63. The Hall–Kier alpha value is -4.28. The second-order valence-corrected chi connectivity index (χ2v) is 9.10. The number of ether oxygens (including phenoxy) is 1. The number of rotatable bonds is 5. The highest BCUT2D eigenvalue weighted by molar-refractivity contribution is 6.19. The molecule has 7 nitrogen and oxygen atoms in total. The van der Waals surface area contributed by atoms with Gasteiger partial charge in [-0.15, -0.1) is 0 Å². The summed E-state index contributed by atoms with van der Waals surface area (Å²) in [5.74, 6) is -0.985. The van der Waals surface area contributed by atoms with Crippen molar-refractivity contribution in [2.75, 3.05) is 13.2 Å². The summed E-state index contributed by atoms with van der Waals surface area (Å²) < 4.78 is 7.43. The van der Waals surface area contributed by atoms with E-state index in [1.165, 1.54) is 0 Å². The lowest BCUT2D eigenvalue weighted by molar-refractivity contribution is -0.142. The van der Waals surface area contributed by atoms with Crippen LogP contribution in [0.1, 0.15) is 30.9 Å². The number of nitrogens with zero attached hydrogens (tertiary/aromatic N) is 4. The molecule has 0 N–H and O–H groups in total. The highest BCUT2D eigenvalue weighted by Gasteiger charge is 2.37. The zero-order valence-electron chi connectivity index (χ0n) is 20.3. The summed E-state index contributed by atoms with van der Waals surface area (Å²) in [6.07, 6.45) is 5.07. The zero-order chi connectivity index (χ0) is 25.2. The molecule has 2 aromatic carbocycles. The van der Waals surface area contributed by atoms with E-state index in [-0.39, 0.29) is 18.2 Å². The monoisotopic (exact) mass is 478 g/mol. The van der Waals surface area contributed by atoms with Gasteiger partial charge in [-0.25, -0.2) is 4.68 Å². The molecule has 180 valence electrons. The van der Waals surface area contributed by atoms with Crippen LogP contribution in [0.4, 0.5) is 0 Å². The van der Waals surface area contributed by atoms with Crippen LogP contribution in [0.2, 0.25) is 0 Å². The fourth-order valence-corrected chi connectivity index (χ4v) is 4.58. The third-order valence-corrected chi connectivity index (χ3v) is 6.62. The van der Waals surface area contributed by atoms with Gasteiger partial charge in [-0.05, 0) is 50.5 Å². The molecule has 3 heterocycles. The molecule has 1 saturated heterocycles. The van der Waals surface area contributed by atoms with E-state index in [2.05, 4.69) is 0 Å². The number of nitriles is 1. The fourth-order valence-electron chi connectivity index (χ4n) is 4.58. The van der Waals surface area contributed by atoms with Gasteiger partial charge in [-0.2, -0.15) is 10.4 Å². The van der Waals surface area contributed by atoms with Crippen molar-refractivity contribution < 1.29 is 14.3 Å². The maximum atomic E-state index is 13.6. The molecule has 2 amide bonds. The van der Waals surface area contributed by atoms with Gasteiger partial charge in [-0.1, -0.05) is 48.0 Å². The van der Waals surface area contributed by atoms with Crippen molar-refractivity contribution in [2.45, 2.75) is 32.8 Å². The van der Waals surface area contributed by atoms with Gasteiger partial charge in [0.1, 0.15) is 11.6 Å². The van der Waals surface area contributed by atoms with Gasteiger partial charge in [0.2, 0.25) is 0 Å². The minimum absolute atomic E-state index is 0.0221. The Kier molecular flexibility index (Phi) is 6.36. The Morgan fingerprint density at radius 3 is 2.50 bits per heavy atom. The number of imide groups is 1. The molecule has 0 spiro atoms. The lowest BCUT2D eigenvalue weighted by Crippen LogP contribution is -2.46. The van der Waals surface area contributed by atoms with E-state index in [0.29, 0.717) is 29.0 Å². The molecule has 0 radical (unpaired) electrons. The maximum Gasteiger partial charge on any atom is 0.271 e. The van der Waals surface area contributed by atoms with Crippen LogP contribution in [-0.4, -0.2) is 45.8 Å². The molecule has 0 saturated carbocycles. The third kappa shape index (κ3) is 4.39. The minimum Gasteiger partial charge on any atom is -0.376 e. The van der Waals surface area contributed by atoms with Crippen LogP contribution < -0.4 is 0 Å². The average molecular weight is 479 g/mol. The molecule has 5 rings (SSSR count). The Morgan fingerprint density at radius 2 is 1.83 bits per heavy atom. The molecule has 0 bridgehead atoms. The number of carbonyl (C=O) groups excluding carboxylic acids is 2. The summed E-state index contributed by atoms with van der Waals surface area (Å²) in [6, 6.07) is 19.7. The molecule has 1 atom stereocenters. The van der Waals surface area contributed by atoms with Crippen molar-refractivity contribution in [3.63, 3.8) is 0 Å². The Bertz CT molecular complexity index is 1420. The maximum absolute atomic E-state index is 13.6. The fraction of sp³-hybridized carbons (Fsp3) is 0.241. The molecule has 1 aromatic heterocycles. The predicted molar refractivity (Wildman–Crippen MR) is 136 cm³/mol. The van der Waals surface area contributed by atoms with Crippen LogP contribution in [0.15, 0.2) is 77.5 Å². The molecule has 2 aliphatic rings. The van der Waals surface area contributed by atoms with Gasteiger partial charge in [0.05, 0.1) is 24.0 Å². The summed E-state index contributed by atoms with van der Waals surface area (Å²) in [6.45, 7) is 4.42. The highest BCUT2D eigenvalue weighted by atomic mass is 16.5. The number of hydrogen-bond donors (Lipinski definition) is 0. The van der Waals surface area contributed by atoms with Crippen molar-refractivity contribution in [3.8, 4) is 23.0 Å². The van der Waals surface area contributed by atoms with E-state index in [4.69, 9.17) is 9.84 Å². The van der Waals surface area contributed by atoms with Gasteiger partial charge in [0.15, 0.2) is 0 Å². The topological polar surface area (TPSA) is 88.2 Å². The van der Waals surface area contributed by atoms with Crippen LogP contribution in [-0.2, 0) is 14.3 Å². The van der Waals surface area contributed by atoms with Crippen LogP contribution in [0.5, 0.6) is 0 Å². The van der Waals surface area contributed by atoms with Crippen molar-refractivity contribution in [1.82, 2.24) is 14.7 Å². The highest BCUT2D eigenvalue weighted by Crippen LogP contribution is 2.32. The van der Waals surface area contributed by atoms with Crippen LogP contribution in [0.25, 0.3) is 23.0 Å². The van der Waals surface area contributed by atoms with Gasteiger partial charge in [-0.3, -0.25) is 14.5 Å². The van der Waals surface area contributed by atoms with Gasteiger partial charge in [0.25, 0.3) is 11.8 Å². The van der Waals surface area contributed by atoms with Crippen molar-refractivity contribution in [1.29, 1.82) is 5.26 Å². The van der Waals surface area contributed by atoms with E-state index in [1.807, 2.05) is 73.8 Å². The number of benzene rings is 2. The number of amides is 2. The van der Waals surface area contributed by atoms with Crippen molar-refractivity contribution in [2.24, 2.45) is 0 Å². The predicted octanol–water partition coefficient (Wildman–Crippen LogP) is 4.62. The quantitative estimate of drug-likeness (QED) is 0.394. The average Bonchev–Trinajstić information content (AvgIpc) is 3.56. The second kappa shape index (κ2) is 9.76. The molecule has 1 fully saturated rings. The summed E-state index contributed by atoms with van der Waals surface area (Å²) in [5.41, 5.74) is 4.99. The smallest absolute Gasteiger partial charge is 0.271 e. The zero-order valence-corrected chi connectivity index (χ0v) is 20.3. The van der Waals surface area contributed by atoms with E-state index >= 15 is 0 Å². The summed E-state index contributed by atoms with van der Waals surface area (Å²) in [7, 11) is 0. The number of aryl methyl sites for hydroxylation is 1. The number of carbonyl (C=O) groups is 2. The lowest BCUT2D eigenvalue weighted by Gasteiger charge is -2.29. The van der Waals surface area contributed by atoms with Gasteiger partial charge >= 0.3 is 0 Å². The molecule has 7 heteroatoms. The molecule has 3 aromatic rings. The minimum atomic E-state index is -0.564. The molecule has 0 unspecified atom stereocenters. The van der Waals surface area contributed by atoms with Crippen molar-refractivity contribution >= 4 is 17.9 Å². The molecular weight excluding hydrogens is 452 g/mol. The SMILES string of the molecule is CC1=C(C#N)C(=O)N(C[C@@H]2CCCO2)C(=O)/C1=C\c1cn(-c2ccccc2)nc1-c1ccc(C)cc1. The third-order valence-electron chi connectivity index (χ3n) is 6.62. The summed E-state index contributed by atoms with van der Waals surface area (Å²) in [4.78, 5) is 27.7. The van der Waals surface area contributed by atoms with Gasteiger partial charge in [0, 0.05) is 29.5 Å². The first-order valence-electron chi connectivity index (χ1n) is 12.0. The number of hydrogen-bond acceptors (Lipinski definition) is 5. The first-order valence-corrected chi connectivity index (χ1v) is 12.0. The largest absolute Gasteiger partial charge is 0.376 e. The summed E-state index contributed by atoms with van der Waals surface area (Å²) >= 11 is 0. The molecular formula is C29H26N4O3. The number of aromatic nitrogens is 2. The van der Waals surface area contributed by atoms with E-state index in [1.54, 1.807) is 17.7 Å². The summed E-state index contributed by atoms with van der Waals surface area (Å²) in [5, 5.41) is 14.6. The molecule has 36 heavy (non-hydrogen) atoms. The Morgan fingerprint density at radius 1 is 1.08 bits per heavy atom. The van der Waals surface area contributed by atoms with Crippen LogP contribution in [0.3, 0.4) is 0 Å². The van der Waals surface area contributed by atoms with Gasteiger partial charge < -0.3 is 4.74 Å². The van der Waals surface area contributed by atoms with E-state index in [9.17, 15) is 14.9 Å². The van der Waals surface area contributed by atoms with Crippen LogP contribution in [0, 0.1) is 18.3 Å². The number of para-hydroxylation sites is 1. The second-order valence-electron chi connectivity index (χ2n) is 9.10. The lowest BCUT2D eigenvalue weighted by atomic mass is 9.93. The van der Waals surface area contributed by atoms with Crippen LogP contribution >= 0.6 is 0 Å². The Labute approximate surface area is 209 Å². The molecule has 2 aliphatic heterocycles.